The van der Waals surface area contributed by atoms with E-state index in [1.807, 2.05) is 0 Å². The van der Waals surface area contributed by atoms with E-state index >= 15 is 0 Å². The normalized spacial score (nSPS) is 13.6. The first-order valence-electron chi connectivity index (χ1n) is 5.48. The van der Waals surface area contributed by atoms with Crippen molar-refractivity contribution in [3.63, 3.8) is 0 Å². The first-order chi connectivity index (χ1) is 8.34. The molecule has 0 unspecified atom stereocenters. The lowest BCUT2D eigenvalue weighted by Gasteiger charge is -2.28. The zero-order chi connectivity index (χ0) is 15.1. The van der Waals surface area contributed by atoms with Crippen LogP contribution in [-0.4, -0.2) is 19.1 Å². The molecule has 1 aromatic carbocycles. The number of alkyl halides is 3. The third-order valence-electron chi connectivity index (χ3n) is 2.89. The van der Waals surface area contributed by atoms with Gasteiger partial charge >= 0.3 is 6.18 Å². The van der Waals surface area contributed by atoms with E-state index in [4.69, 9.17) is 4.55 Å². The van der Waals surface area contributed by atoms with Crippen molar-refractivity contribution in [2.24, 2.45) is 5.41 Å². The average Bonchev–Trinajstić information content (AvgIpc) is 2.12. The number of halogens is 3. The second kappa shape index (κ2) is 4.79. The maximum Gasteiger partial charge on any atom is 0.394 e. The topological polar surface area (TPSA) is 54.4 Å². The highest BCUT2D eigenvalue weighted by molar-refractivity contribution is 7.85. The van der Waals surface area contributed by atoms with Crippen molar-refractivity contribution < 1.29 is 26.1 Å². The Balaban J connectivity index is 3.32. The summed E-state index contributed by atoms with van der Waals surface area (Å²) < 4.78 is 69.9. The van der Waals surface area contributed by atoms with Crippen LogP contribution in [0.15, 0.2) is 23.1 Å². The SMILES string of the molecule is Cc1ccc(S(=O)(=O)O)c(CC(C)(C)C(F)(F)F)c1. The van der Waals surface area contributed by atoms with Crippen LogP contribution in [-0.2, 0) is 16.5 Å². The van der Waals surface area contributed by atoms with Crippen molar-refractivity contribution in [1.82, 2.24) is 0 Å². The van der Waals surface area contributed by atoms with E-state index in [0.717, 1.165) is 19.9 Å². The summed E-state index contributed by atoms with van der Waals surface area (Å²) in [5.41, 5.74) is -1.49. The predicted octanol–water partition coefficient (Wildman–Crippen LogP) is 3.37. The Kier molecular flexibility index (Phi) is 4.03. The first-order valence-corrected chi connectivity index (χ1v) is 6.92. The number of hydrogen-bond acceptors (Lipinski definition) is 2. The van der Waals surface area contributed by atoms with E-state index in [2.05, 4.69) is 0 Å². The van der Waals surface area contributed by atoms with Gasteiger partial charge in [-0.3, -0.25) is 4.55 Å². The lowest BCUT2D eigenvalue weighted by Crippen LogP contribution is -2.34. The molecule has 0 heterocycles. The van der Waals surface area contributed by atoms with Crippen LogP contribution in [0.25, 0.3) is 0 Å². The summed E-state index contributed by atoms with van der Waals surface area (Å²) in [7, 11) is -4.54. The fraction of sp³-hybridized carbons (Fsp3) is 0.500. The fourth-order valence-electron chi connectivity index (χ4n) is 1.67. The molecule has 0 spiro atoms. The molecule has 0 saturated carbocycles. The molecule has 0 aliphatic heterocycles. The molecular weight excluding hydrogens is 281 g/mol. The van der Waals surface area contributed by atoms with E-state index in [9.17, 15) is 21.6 Å². The van der Waals surface area contributed by atoms with Gasteiger partial charge in [-0.2, -0.15) is 21.6 Å². The maximum atomic E-state index is 12.8. The van der Waals surface area contributed by atoms with E-state index in [1.54, 1.807) is 6.92 Å². The van der Waals surface area contributed by atoms with Crippen molar-refractivity contribution in [1.29, 1.82) is 0 Å². The van der Waals surface area contributed by atoms with Gasteiger partial charge < -0.3 is 0 Å². The first kappa shape index (κ1) is 16.0. The van der Waals surface area contributed by atoms with E-state index in [-0.39, 0.29) is 5.56 Å². The Hall–Kier alpha value is -1.08. The number of rotatable bonds is 3. The molecule has 1 N–H and O–H groups in total. The van der Waals surface area contributed by atoms with Crippen molar-refractivity contribution in [2.45, 2.75) is 38.3 Å². The van der Waals surface area contributed by atoms with Gasteiger partial charge in [0.2, 0.25) is 0 Å². The van der Waals surface area contributed by atoms with Gasteiger partial charge in [-0.05, 0) is 25.0 Å². The molecule has 7 heteroatoms. The van der Waals surface area contributed by atoms with Gasteiger partial charge in [0.15, 0.2) is 0 Å². The molecule has 19 heavy (non-hydrogen) atoms. The highest BCUT2D eigenvalue weighted by Gasteiger charge is 2.47. The number of hydrogen-bond donors (Lipinski definition) is 1. The lowest BCUT2D eigenvalue weighted by atomic mass is 9.85. The molecule has 0 bridgehead atoms. The van der Waals surface area contributed by atoms with Gasteiger partial charge in [-0.25, -0.2) is 0 Å². The zero-order valence-electron chi connectivity index (χ0n) is 10.7. The third-order valence-corrected chi connectivity index (χ3v) is 3.85. The third kappa shape index (κ3) is 3.70. The van der Waals surface area contributed by atoms with Crippen LogP contribution < -0.4 is 0 Å². The molecule has 3 nitrogen and oxygen atoms in total. The second-order valence-corrected chi connectivity index (χ2v) is 6.53. The van der Waals surface area contributed by atoms with Crippen LogP contribution in [0.3, 0.4) is 0 Å². The molecule has 0 amide bonds. The van der Waals surface area contributed by atoms with Gasteiger partial charge in [0.05, 0.1) is 10.3 Å². The summed E-state index contributed by atoms with van der Waals surface area (Å²) in [4.78, 5) is -0.476. The average molecular weight is 296 g/mol. The highest BCUT2D eigenvalue weighted by Crippen LogP contribution is 2.41. The van der Waals surface area contributed by atoms with Crippen LogP contribution in [0, 0.1) is 12.3 Å². The molecule has 108 valence electrons. The molecule has 1 rings (SSSR count). The van der Waals surface area contributed by atoms with Crippen LogP contribution in [0.2, 0.25) is 0 Å². The van der Waals surface area contributed by atoms with E-state index in [1.165, 1.54) is 12.1 Å². The van der Waals surface area contributed by atoms with Crippen molar-refractivity contribution in [2.75, 3.05) is 0 Å². The van der Waals surface area contributed by atoms with E-state index in [0.29, 0.717) is 5.56 Å². The van der Waals surface area contributed by atoms with Gasteiger partial charge in [0.25, 0.3) is 10.1 Å². The smallest absolute Gasteiger partial charge is 0.282 e. The van der Waals surface area contributed by atoms with Crippen LogP contribution in [0.5, 0.6) is 0 Å². The molecule has 0 fully saturated rings. The maximum absolute atomic E-state index is 12.8. The Labute approximate surface area is 110 Å². The van der Waals surface area contributed by atoms with E-state index < -0.39 is 33.0 Å². The van der Waals surface area contributed by atoms with Crippen molar-refractivity contribution in [3.05, 3.63) is 29.3 Å². The number of benzene rings is 1. The molecule has 0 aliphatic carbocycles. The van der Waals surface area contributed by atoms with Gasteiger partial charge in [-0.15, -0.1) is 0 Å². The lowest BCUT2D eigenvalue weighted by molar-refractivity contribution is -0.211. The minimum Gasteiger partial charge on any atom is -0.282 e. The predicted molar refractivity (Wildman–Crippen MR) is 64.5 cm³/mol. The molecular formula is C12H15F3O3S. The Morgan fingerprint density at radius 2 is 1.74 bits per heavy atom. The minimum absolute atomic E-state index is 0.0372. The van der Waals surface area contributed by atoms with Crippen LogP contribution >= 0.6 is 0 Å². The summed E-state index contributed by atoms with van der Waals surface area (Å²) in [5.74, 6) is 0. The van der Waals surface area contributed by atoms with Crippen molar-refractivity contribution in [3.8, 4) is 0 Å². The Bertz CT molecular complexity index is 574. The number of aryl methyl sites for hydroxylation is 1. The molecule has 0 aromatic heterocycles. The molecule has 0 saturated heterocycles. The van der Waals surface area contributed by atoms with Gasteiger partial charge in [-0.1, -0.05) is 31.5 Å². The van der Waals surface area contributed by atoms with Gasteiger partial charge in [0, 0.05) is 0 Å². The fourth-order valence-corrected chi connectivity index (χ4v) is 2.38. The van der Waals surface area contributed by atoms with Crippen molar-refractivity contribution >= 4 is 10.1 Å². The standard InChI is InChI=1S/C12H15F3O3S/c1-8-4-5-10(19(16,17)18)9(6-8)7-11(2,3)12(13,14)15/h4-6H,7H2,1-3H3,(H,16,17,18). The van der Waals surface area contributed by atoms with Crippen LogP contribution in [0.4, 0.5) is 13.2 Å². The molecule has 0 atom stereocenters. The summed E-state index contributed by atoms with van der Waals surface area (Å²) in [6, 6.07) is 3.89. The Morgan fingerprint density at radius 3 is 2.16 bits per heavy atom. The molecule has 0 aliphatic rings. The molecule has 0 radical (unpaired) electrons. The summed E-state index contributed by atoms with van der Waals surface area (Å²) in [6.45, 7) is 3.62. The van der Waals surface area contributed by atoms with Gasteiger partial charge in [0.1, 0.15) is 0 Å². The quantitative estimate of drug-likeness (QED) is 0.870. The monoisotopic (exact) mass is 296 g/mol. The van der Waals surface area contributed by atoms with Crippen LogP contribution in [0.1, 0.15) is 25.0 Å². The zero-order valence-corrected chi connectivity index (χ0v) is 11.6. The highest BCUT2D eigenvalue weighted by atomic mass is 32.2. The largest absolute Gasteiger partial charge is 0.394 e. The summed E-state index contributed by atoms with van der Waals surface area (Å²) in [6.07, 6.45) is -4.99. The molecule has 1 aromatic rings. The Morgan fingerprint density at radius 1 is 1.21 bits per heavy atom. The summed E-state index contributed by atoms with van der Waals surface area (Å²) >= 11 is 0. The summed E-state index contributed by atoms with van der Waals surface area (Å²) in [5, 5.41) is 0. The second-order valence-electron chi connectivity index (χ2n) is 5.14. The minimum atomic E-state index is -4.54.